The van der Waals surface area contributed by atoms with Crippen molar-refractivity contribution in [1.29, 1.82) is 0 Å². The Morgan fingerprint density at radius 1 is 1.38 bits per heavy atom. The number of urea groups is 1. The van der Waals surface area contributed by atoms with E-state index in [-0.39, 0.29) is 31.4 Å². The number of ether oxygens (including phenoxy) is 1. The summed E-state index contributed by atoms with van der Waals surface area (Å²) in [5.74, 6) is -1.25. The van der Waals surface area contributed by atoms with Crippen molar-refractivity contribution in [3.8, 4) is 5.75 Å². The van der Waals surface area contributed by atoms with Gasteiger partial charge in [-0.15, -0.1) is 0 Å². The molecule has 0 saturated carbocycles. The number of nitrogens with zero attached hydrogens (tertiary/aromatic N) is 1. The lowest BCUT2D eigenvalue weighted by Gasteiger charge is -2.17. The van der Waals surface area contributed by atoms with E-state index in [9.17, 15) is 14.4 Å². The number of likely N-dealkylation sites (tertiary alicyclic amines) is 1. The largest absolute Gasteiger partial charge is 0.495 e. The van der Waals surface area contributed by atoms with Gasteiger partial charge in [0.2, 0.25) is 5.91 Å². The standard InChI is InChI=1S/C17H22ClN3O5/c1-10-7-13(14(26-2)8-12(10)18)20-15(22)3-5-19-17(25)21-6-4-11(9-21)16(23)24/h7-8,11H,3-6,9H2,1-2H3,(H,19,25)(H,20,22)(H,23,24). The Kier molecular flexibility index (Phi) is 6.68. The number of benzene rings is 1. The molecular weight excluding hydrogens is 362 g/mol. The minimum atomic E-state index is -0.896. The lowest BCUT2D eigenvalue weighted by molar-refractivity contribution is -0.141. The minimum absolute atomic E-state index is 0.0762. The van der Waals surface area contributed by atoms with Crippen LogP contribution in [-0.2, 0) is 9.59 Å². The molecule has 0 spiro atoms. The van der Waals surface area contributed by atoms with Gasteiger partial charge in [-0.2, -0.15) is 0 Å². The first kappa shape index (κ1) is 19.8. The van der Waals surface area contributed by atoms with Crippen LogP contribution in [0.5, 0.6) is 5.75 Å². The molecule has 1 aliphatic rings. The van der Waals surface area contributed by atoms with Crippen molar-refractivity contribution in [3.05, 3.63) is 22.7 Å². The van der Waals surface area contributed by atoms with Crippen LogP contribution in [0.1, 0.15) is 18.4 Å². The molecule has 0 radical (unpaired) electrons. The van der Waals surface area contributed by atoms with Crippen LogP contribution >= 0.6 is 11.6 Å². The Morgan fingerprint density at radius 3 is 2.73 bits per heavy atom. The molecule has 1 aromatic rings. The molecule has 1 aliphatic heterocycles. The summed E-state index contributed by atoms with van der Waals surface area (Å²) >= 11 is 6.03. The molecule has 1 fully saturated rings. The molecule has 26 heavy (non-hydrogen) atoms. The topological polar surface area (TPSA) is 108 Å². The Labute approximate surface area is 156 Å². The SMILES string of the molecule is COc1cc(Cl)c(C)cc1NC(=O)CCNC(=O)N1CCC(C(=O)O)C1. The molecule has 1 heterocycles. The zero-order valence-corrected chi connectivity index (χ0v) is 15.4. The summed E-state index contributed by atoms with van der Waals surface area (Å²) in [5, 5.41) is 14.9. The second kappa shape index (κ2) is 8.75. The van der Waals surface area contributed by atoms with E-state index in [1.807, 2.05) is 6.92 Å². The van der Waals surface area contributed by atoms with Crippen LogP contribution in [0.25, 0.3) is 0 Å². The number of hydrogen-bond donors (Lipinski definition) is 3. The van der Waals surface area contributed by atoms with Gasteiger partial charge in [-0.1, -0.05) is 11.6 Å². The summed E-state index contributed by atoms with van der Waals surface area (Å²) in [4.78, 5) is 36.4. The number of hydrogen-bond acceptors (Lipinski definition) is 4. The van der Waals surface area contributed by atoms with Gasteiger partial charge in [-0.3, -0.25) is 9.59 Å². The van der Waals surface area contributed by atoms with Crippen molar-refractivity contribution in [3.63, 3.8) is 0 Å². The number of anilines is 1. The quantitative estimate of drug-likeness (QED) is 0.697. The normalized spacial score (nSPS) is 16.3. The summed E-state index contributed by atoms with van der Waals surface area (Å²) < 4.78 is 5.20. The molecule has 1 atom stereocenters. The first-order valence-corrected chi connectivity index (χ1v) is 8.59. The van der Waals surface area contributed by atoms with E-state index in [0.717, 1.165) is 5.56 Å². The van der Waals surface area contributed by atoms with Crippen LogP contribution in [0, 0.1) is 12.8 Å². The van der Waals surface area contributed by atoms with Crippen LogP contribution in [0.4, 0.5) is 10.5 Å². The first-order chi connectivity index (χ1) is 12.3. The van der Waals surface area contributed by atoms with E-state index in [1.54, 1.807) is 12.1 Å². The Hall–Kier alpha value is -2.48. The third-order valence-electron chi connectivity index (χ3n) is 4.21. The number of aryl methyl sites for hydroxylation is 1. The molecule has 2 rings (SSSR count). The minimum Gasteiger partial charge on any atom is -0.495 e. The van der Waals surface area contributed by atoms with Crippen LogP contribution in [0.2, 0.25) is 5.02 Å². The van der Waals surface area contributed by atoms with Gasteiger partial charge < -0.3 is 25.4 Å². The van der Waals surface area contributed by atoms with Crippen LogP contribution in [0.3, 0.4) is 0 Å². The Bertz CT molecular complexity index is 710. The van der Waals surface area contributed by atoms with E-state index in [1.165, 1.54) is 12.0 Å². The smallest absolute Gasteiger partial charge is 0.317 e. The molecule has 0 bridgehead atoms. The number of carbonyl (C=O) groups is 3. The summed E-state index contributed by atoms with van der Waals surface area (Å²) in [6, 6.07) is 2.98. The van der Waals surface area contributed by atoms with E-state index in [2.05, 4.69) is 10.6 Å². The molecular formula is C17H22ClN3O5. The third-order valence-corrected chi connectivity index (χ3v) is 4.62. The van der Waals surface area contributed by atoms with Gasteiger partial charge in [-0.05, 0) is 25.0 Å². The molecule has 1 unspecified atom stereocenters. The Balaban J connectivity index is 1.80. The van der Waals surface area contributed by atoms with E-state index >= 15 is 0 Å². The number of amides is 3. The fourth-order valence-corrected chi connectivity index (χ4v) is 2.84. The van der Waals surface area contributed by atoms with Gasteiger partial charge in [0.1, 0.15) is 5.75 Å². The molecule has 9 heteroatoms. The van der Waals surface area contributed by atoms with Gasteiger partial charge >= 0.3 is 12.0 Å². The average Bonchev–Trinajstić information content (AvgIpc) is 3.08. The molecule has 3 N–H and O–H groups in total. The van der Waals surface area contributed by atoms with Crippen LogP contribution in [0.15, 0.2) is 12.1 Å². The van der Waals surface area contributed by atoms with Crippen LogP contribution < -0.4 is 15.4 Å². The number of halogens is 1. The number of methoxy groups -OCH3 is 1. The highest BCUT2D eigenvalue weighted by Gasteiger charge is 2.30. The highest BCUT2D eigenvalue weighted by molar-refractivity contribution is 6.31. The maximum Gasteiger partial charge on any atom is 0.317 e. The number of nitrogens with one attached hydrogen (secondary N) is 2. The lowest BCUT2D eigenvalue weighted by Crippen LogP contribution is -2.40. The highest BCUT2D eigenvalue weighted by atomic mass is 35.5. The van der Waals surface area contributed by atoms with Gasteiger partial charge in [0.25, 0.3) is 0 Å². The zero-order chi connectivity index (χ0) is 19.3. The Morgan fingerprint density at radius 2 is 2.12 bits per heavy atom. The van der Waals surface area contributed by atoms with E-state index < -0.39 is 11.9 Å². The van der Waals surface area contributed by atoms with Crippen molar-refractivity contribution in [1.82, 2.24) is 10.2 Å². The van der Waals surface area contributed by atoms with Crippen molar-refractivity contribution < 1.29 is 24.2 Å². The fraction of sp³-hybridized carbons (Fsp3) is 0.471. The number of aliphatic carboxylic acids is 1. The van der Waals surface area contributed by atoms with Gasteiger partial charge in [0.15, 0.2) is 0 Å². The maximum absolute atomic E-state index is 12.1. The second-order valence-electron chi connectivity index (χ2n) is 6.10. The van der Waals surface area contributed by atoms with Gasteiger partial charge in [-0.25, -0.2) is 4.79 Å². The molecule has 0 aromatic heterocycles. The summed E-state index contributed by atoms with van der Waals surface area (Å²) in [6.45, 7) is 2.55. The predicted octanol–water partition coefficient (Wildman–Crippen LogP) is 2.10. The zero-order valence-electron chi connectivity index (χ0n) is 14.7. The lowest BCUT2D eigenvalue weighted by atomic mass is 10.1. The highest BCUT2D eigenvalue weighted by Crippen LogP contribution is 2.30. The van der Waals surface area contributed by atoms with Gasteiger partial charge in [0.05, 0.1) is 18.7 Å². The van der Waals surface area contributed by atoms with Crippen LogP contribution in [-0.4, -0.2) is 54.7 Å². The van der Waals surface area contributed by atoms with Crippen molar-refractivity contribution in [2.24, 2.45) is 5.92 Å². The second-order valence-corrected chi connectivity index (χ2v) is 6.51. The number of carboxylic acid groups (broad SMARTS) is 1. The fourth-order valence-electron chi connectivity index (χ4n) is 2.68. The number of carboxylic acids is 1. The monoisotopic (exact) mass is 383 g/mol. The summed E-state index contributed by atoms with van der Waals surface area (Å²) in [5.41, 5.74) is 1.31. The third kappa shape index (κ3) is 5.01. The van der Waals surface area contributed by atoms with Crippen molar-refractivity contribution >= 4 is 35.2 Å². The predicted molar refractivity (Wildman–Crippen MR) is 96.7 cm³/mol. The van der Waals surface area contributed by atoms with E-state index in [4.69, 9.17) is 21.4 Å². The first-order valence-electron chi connectivity index (χ1n) is 8.21. The molecule has 8 nitrogen and oxygen atoms in total. The molecule has 1 aromatic carbocycles. The molecule has 1 saturated heterocycles. The molecule has 0 aliphatic carbocycles. The average molecular weight is 384 g/mol. The molecule has 142 valence electrons. The summed E-state index contributed by atoms with van der Waals surface area (Å²) in [6.07, 6.45) is 0.520. The molecule has 3 amide bonds. The number of carbonyl (C=O) groups excluding carboxylic acids is 2. The maximum atomic E-state index is 12.1. The summed E-state index contributed by atoms with van der Waals surface area (Å²) in [7, 11) is 1.48. The van der Waals surface area contributed by atoms with Gasteiger partial charge in [0, 0.05) is 37.1 Å². The van der Waals surface area contributed by atoms with Crippen molar-refractivity contribution in [2.75, 3.05) is 32.1 Å². The van der Waals surface area contributed by atoms with Crippen molar-refractivity contribution in [2.45, 2.75) is 19.8 Å². The number of rotatable bonds is 6. The van der Waals surface area contributed by atoms with E-state index in [0.29, 0.717) is 29.4 Å².